The predicted molar refractivity (Wildman–Crippen MR) is 82.3 cm³/mol. The molecule has 0 bridgehead atoms. The van der Waals surface area contributed by atoms with Gasteiger partial charge in [0.25, 0.3) is 5.91 Å². The number of cyclic esters (lactones) is 1. The molecule has 0 saturated heterocycles. The van der Waals surface area contributed by atoms with Gasteiger partial charge in [0.15, 0.2) is 6.10 Å². The molecule has 1 aliphatic rings. The highest BCUT2D eigenvalue weighted by atomic mass is 19.1. The molecule has 23 heavy (non-hydrogen) atoms. The summed E-state index contributed by atoms with van der Waals surface area (Å²) < 4.78 is 18.7. The lowest BCUT2D eigenvalue weighted by Crippen LogP contribution is -2.41. The minimum Gasteiger partial charge on any atom is -0.448 e. The van der Waals surface area contributed by atoms with E-state index in [-0.39, 0.29) is 18.3 Å². The third-order valence-electron chi connectivity index (χ3n) is 3.89. The molecule has 118 valence electrons. The van der Waals surface area contributed by atoms with Crippen LogP contribution >= 0.6 is 0 Å². The minimum atomic E-state index is -0.854. The first-order valence-electron chi connectivity index (χ1n) is 7.36. The fourth-order valence-corrected chi connectivity index (χ4v) is 2.53. The van der Waals surface area contributed by atoms with Crippen LogP contribution in [0.1, 0.15) is 27.0 Å². The SMILES string of the molecule is Cc1ccc(CNC(=O)C2Cc3ccccc3C(=O)O2)cc1F. The molecule has 1 N–H and O–H groups in total. The molecular weight excluding hydrogens is 297 g/mol. The van der Waals surface area contributed by atoms with Crippen molar-refractivity contribution >= 4 is 11.9 Å². The summed E-state index contributed by atoms with van der Waals surface area (Å²) in [6.45, 7) is 1.86. The molecule has 3 rings (SSSR count). The van der Waals surface area contributed by atoms with Crippen LogP contribution in [-0.2, 0) is 22.5 Å². The zero-order chi connectivity index (χ0) is 16.4. The molecule has 4 nitrogen and oxygen atoms in total. The van der Waals surface area contributed by atoms with E-state index in [2.05, 4.69) is 5.32 Å². The van der Waals surface area contributed by atoms with Crippen molar-refractivity contribution in [2.24, 2.45) is 0 Å². The van der Waals surface area contributed by atoms with Crippen LogP contribution in [0.4, 0.5) is 4.39 Å². The first kappa shape index (κ1) is 15.2. The molecule has 1 unspecified atom stereocenters. The first-order chi connectivity index (χ1) is 11.0. The number of rotatable bonds is 3. The maximum absolute atomic E-state index is 13.5. The van der Waals surface area contributed by atoms with E-state index in [9.17, 15) is 14.0 Å². The molecule has 1 aliphatic heterocycles. The smallest absolute Gasteiger partial charge is 0.339 e. The van der Waals surface area contributed by atoms with E-state index in [0.29, 0.717) is 23.1 Å². The van der Waals surface area contributed by atoms with Crippen LogP contribution in [-0.4, -0.2) is 18.0 Å². The van der Waals surface area contributed by atoms with Crippen molar-refractivity contribution < 1.29 is 18.7 Å². The standard InChI is InChI=1S/C18H16FNO3/c1-11-6-7-12(8-15(11)19)10-20-17(21)16-9-13-4-2-3-5-14(13)18(22)23-16/h2-8,16H,9-10H2,1H3,(H,20,21). The summed E-state index contributed by atoms with van der Waals surface area (Å²) >= 11 is 0. The Bertz CT molecular complexity index is 773. The number of hydrogen-bond donors (Lipinski definition) is 1. The van der Waals surface area contributed by atoms with E-state index in [1.807, 2.05) is 12.1 Å². The van der Waals surface area contributed by atoms with Crippen molar-refractivity contribution in [2.75, 3.05) is 0 Å². The Balaban J connectivity index is 1.65. The average Bonchev–Trinajstić information content (AvgIpc) is 2.55. The van der Waals surface area contributed by atoms with E-state index >= 15 is 0 Å². The number of carbonyl (C=O) groups excluding carboxylic acids is 2. The van der Waals surface area contributed by atoms with Crippen molar-refractivity contribution in [3.05, 3.63) is 70.5 Å². The van der Waals surface area contributed by atoms with Gasteiger partial charge >= 0.3 is 5.97 Å². The van der Waals surface area contributed by atoms with Crippen molar-refractivity contribution in [2.45, 2.75) is 26.0 Å². The van der Waals surface area contributed by atoms with E-state index in [4.69, 9.17) is 4.74 Å². The van der Waals surface area contributed by atoms with Crippen molar-refractivity contribution in [1.82, 2.24) is 5.32 Å². The topological polar surface area (TPSA) is 55.4 Å². The van der Waals surface area contributed by atoms with Crippen LogP contribution in [0.25, 0.3) is 0 Å². The van der Waals surface area contributed by atoms with Crippen molar-refractivity contribution in [3.63, 3.8) is 0 Å². The van der Waals surface area contributed by atoms with Gasteiger partial charge in [0, 0.05) is 13.0 Å². The summed E-state index contributed by atoms with van der Waals surface area (Å²) in [6.07, 6.45) is -0.511. The van der Waals surface area contributed by atoms with Gasteiger partial charge in [0.1, 0.15) is 5.82 Å². The number of esters is 1. The molecule has 2 aromatic carbocycles. The highest BCUT2D eigenvalue weighted by molar-refractivity contribution is 5.95. The third-order valence-corrected chi connectivity index (χ3v) is 3.89. The van der Waals surface area contributed by atoms with Gasteiger partial charge < -0.3 is 10.1 Å². The number of fused-ring (bicyclic) bond motifs is 1. The number of ether oxygens (including phenoxy) is 1. The van der Waals surface area contributed by atoms with Gasteiger partial charge in [0.05, 0.1) is 5.56 Å². The van der Waals surface area contributed by atoms with Crippen molar-refractivity contribution in [3.8, 4) is 0 Å². The Morgan fingerprint density at radius 1 is 1.30 bits per heavy atom. The lowest BCUT2D eigenvalue weighted by atomic mass is 9.98. The number of nitrogens with one attached hydrogen (secondary N) is 1. The quantitative estimate of drug-likeness (QED) is 0.886. The molecule has 0 aromatic heterocycles. The number of amides is 1. The number of benzene rings is 2. The number of carbonyl (C=O) groups is 2. The van der Waals surface area contributed by atoms with Crippen LogP contribution in [0.5, 0.6) is 0 Å². The number of halogens is 1. The maximum Gasteiger partial charge on any atom is 0.339 e. The summed E-state index contributed by atoms with van der Waals surface area (Å²) in [5.41, 5.74) is 2.50. The molecule has 0 saturated carbocycles. The maximum atomic E-state index is 13.5. The van der Waals surface area contributed by atoms with Crippen LogP contribution in [0.2, 0.25) is 0 Å². The third kappa shape index (κ3) is 3.23. The number of hydrogen-bond acceptors (Lipinski definition) is 3. The Morgan fingerprint density at radius 3 is 2.87 bits per heavy atom. The molecule has 5 heteroatoms. The minimum absolute atomic E-state index is 0.186. The first-order valence-corrected chi connectivity index (χ1v) is 7.36. The van der Waals surface area contributed by atoms with Gasteiger partial charge in [-0.05, 0) is 35.7 Å². The Kier molecular flexibility index (Phi) is 4.10. The predicted octanol–water partition coefficient (Wildman–Crippen LogP) is 2.53. The van der Waals surface area contributed by atoms with Gasteiger partial charge in [-0.2, -0.15) is 0 Å². The average molecular weight is 313 g/mol. The second kappa shape index (κ2) is 6.20. The molecule has 2 aromatic rings. The highest BCUT2D eigenvalue weighted by Gasteiger charge is 2.30. The summed E-state index contributed by atoms with van der Waals surface area (Å²) in [5.74, 6) is -1.18. The molecular formula is C18H16FNO3. The summed E-state index contributed by atoms with van der Waals surface area (Å²) in [5, 5.41) is 2.68. The van der Waals surface area contributed by atoms with E-state index < -0.39 is 12.1 Å². The monoisotopic (exact) mass is 313 g/mol. The molecule has 0 fully saturated rings. The second-order valence-corrected chi connectivity index (χ2v) is 5.56. The Labute approximate surface area is 133 Å². The zero-order valence-electron chi connectivity index (χ0n) is 12.6. The normalized spacial score (nSPS) is 16.4. The van der Waals surface area contributed by atoms with Gasteiger partial charge in [-0.15, -0.1) is 0 Å². The molecule has 0 spiro atoms. The fourth-order valence-electron chi connectivity index (χ4n) is 2.53. The summed E-state index contributed by atoms with van der Waals surface area (Å²) in [4.78, 5) is 24.1. The van der Waals surface area contributed by atoms with Gasteiger partial charge in [-0.1, -0.05) is 30.3 Å². The molecule has 0 radical (unpaired) electrons. The summed E-state index contributed by atoms with van der Waals surface area (Å²) in [7, 11) is 0. The van der Waals surface area contributed by atoms with Crippen molar-refractivity contribution in [1.29, 1.82) is 0 Å². The summed E-state index contributed by atoms with van der Waals surface area (Å²) in [6, 6.07) is 11.9. The fraction of sp³-hybridized carbons (Fsp3) is 0.222. The lowest BCUT2D eigenvalue weighted by molar-refractivity contribution is -0.130. The van der Waals surface area contributed by atoms with Crippen LogP contribution in [0.15, 0.2) is 42.5 Å². The highest BCUT2D eigenvalue weighted by Crippen LogP contribution is 2.20. The molecule has 1 heterocycles. The van der Waals surface area contributed by atoms with Gasteiger partial charge in [-0.3, -0.25) is 4.79 Å². The van der Waals surface area contributed by atoms with Gasteiger partial charge in [-0.25, -0.2) is 9.18 Å². The van der Waals surface area contributed by atoms with Gasteiger partial charge in [0.2, 0.25) is 0 Å². The van der Waals surface area contributed by atoms with E-state index in [1.54, 1.807) is 31.2 Å². The van der Waals surface area contributed by atoms with Crippen LogP contribution in [0.3, 0.4) is 0 Å². The lowest BCUT2D eigenvalue weighted by Gasteiger charge is -2.23. The van der Waals surface area contributed by atoms with E-state index in [1.165, 1.54) is 6.07 Å². The van der Waals surface area contributed by atoms with E-state index in [0.717, 1.165) is 5.56 Å². The van der Waals surface area contributed by atoms with Crippen LogP contribution in [0, 0.1) is 12.7 Å². The largest absolute Gasteiger partial charge is 0.448 e. The zero-order valence-corrected chi connectivity index (χ0v) is 12.6. The molecule has 1 amide bonds. The second-order valence-electron chi connectivity index (χ2n) is 5.56. The Morgan fingerprint density at radius 2 is 2.09 bits per heavy atom. The van der Waals surface area contributed by atoms with Crippen LogP contribution < -0.4 is 5.32 Å². The molecule has 0 aliphatic carbocycles. The Hall–Kier alpha value is -2.69. The molecule has 1 atom stereocenters. The number of aryl methyl sites for hydroxylation is 1.